The van der Waals surface area contributed by atoms with Gasteiger partial charge in [0.2, 0.25) is 0 Å². The van der Waals surface area contributed by atoms with Gasteiger partial charge >= 0.3 is 0 Å². The Bertz CT molecular complexity index is 979. The van der Waals surface area contributed by atoms with Gasteiger partial charge in [-0.3, -0.25) is 9.36 Å². The van der Waals surface area contributed by atoms with Crippen LogP contribution < -0.4 is 10.3 Å². The van der Waals surface area contributed by atoms with Crippen LogP contribution in [0.15, 0.2) is 58.5 Å². The maximum absolute atomic E-state index is 13.2. The first-order valence-corrected chi connectivity index (χ1v) is 10.2. The highest BCUT2D eigenvalue weighted by molar-refractivity contribution is 7.99. The van der Waals surface area contributed by atoms with Gasteiger partial charge in [-0.05, 0) is 56.2 Å². The molecule has 0 spiro atoms. The Morgan fingerprint density at radius 1 is 1.22 bits per heavy atom. The first-order valence-electron chi connectivity index (χ1n) is 9.25. The van der Waals surface area contributed by atoms with E-state index < -0.39 is 0 Å². The van der Waals surface area contributed by atoms with Crippen molar-refractivity contribution >= 4 is 22.7 Å². The number of hydrogen-bond donors (Lipinski definition) is 0. The summed E-state index contributed by atoms with van der Waals surface area (Å²) in [5, 5.41) is 1.31. The van der Waals surface area contributed by atoms with Gasteiger partial charge in [0.05, 0.1) is 29.3 Å². The molecule has 0 radical (unpaired) electrons. The molecule has 1 atom stereocenters. The van der Waals surface area contributed by atoms with E-state index in [-0.39, 0.29) is 11.7 Å². The van der Waals surface area contributed by atoms with Crippen molar-refractivity contribution < 1.29 is 9.47 Å². The van der Waals surface area contributed by atoms with Gasteiger partial charge in [-0.1, -0.05) is 23.9 Å². The molecule has 27 heavy (non-hydrogen) atoms. The summed E-state index contributed by atoms with van der Waals surface area (Å²) in [6, 6.07) is 15.1. The first-order chi connectivity index (χ1) is 13.3. The van der Waals surface area contributed by atoms with Crippen LogP contribution in [0.25, 0.3) is 16.6 Å². The SMILES string of the molecule is CCOc1ccc(-n2c(SCC3CCCO3)nc3ccccc3c2=O)cc1. The first kappa shape index (κ1) is 18.1. The van der Waals surface area contributed by atoms with Gasteiger partial charge in [0, 0.05) is 12.4 Å². The van der Waals surface area contributed by atoms with Crippen LogP contribution >= 0.6 is 11.8 Å². The highest BCUT2D eigenvalue weighted by Gasteiger charge is 2.19. The van der Waals surface area contributed by atoms with Crippen LogP contribution in [0.3, 0.4) is 0 Å². The van der Waals surface area contributed by atoms with Crippen molar-refractivity contribution in [2.75, 3.05) is 19.0 Å². The molecule has 3 aromatic rings. The molecule has 4 rings (SSSR count). The van der Waals surface area contributed by atoms with Gasteiger partial charge in [-0.15, -0.1) is 0 Å². The zero-order valence-electron chi connectivity index (χ0n) is 15.3. The summed E-state index contributed by atoms with van der Waals surface area (Å²) in [6.07, 6.45) is 2.39. The van der Waals surface area contributed by atoms with E-state index in [2.05, 4.69) is 0 Å². The highest BCUT2D eigenvalue weighted by Crippen LogP contribution is 2.26. The monoisotopic (exact) mass is 382 g/mol. The highest BCUT2D eigenvalue weighted by atomic mass is 32.2. The van der Waals surface area contributed by atoms with Crippen molar-refractivity contribution in [3.63, 3.8) is 0 Å². The molecule has 1 saturated heterocycles. The lowest BCUT2D eigenvalue weighted by Gasteiger charge is -2.15. The Labute approximate surface area is 162 Å². The molecule has 6 heteroatoms. The van der Waals surface area contributed by atoms with E-state index in [1.807, 2.05) is 55.5 Å². The van der Waals surface area contributed by atoms with Crippen molar-refractivity contribution in [3.8, 4) is 11.4 Å². The van der Waals surface area contributed by atoms with E-state index in [1.165, 1.54) is 0 Å². The fraction of sp³-hybridized carbons (Fsp3) is 0.333. The standard InChI is InChI=1S/C21H22N2O3S/c1-2-25-16-11-9-15(10-12-16)23-20(24)18-7-3-4-8-19(18)22-21(23)27-14-17-6-5-13-26-17/h3-4,7-12,17H,2,5-6,13-14H2,1H3. The van der Waals surface area contributed by atoms with E-state index >= 15 is 0 Å². The quantitative estimate of drug-likeness (QED) is 0.475. The normalized spacial score (nSPS) is 16.7. The Hall–Kier alpha value is -2.31. The average Bonchev–Trinajstić information content (AvgIpc) is 3.21. The lowest BCUT2D eigenvalue weighted by molar-refractivity contribution is 0.129. The predicted molar refractivity (Wildman–Crippen MR) is 108 cm³/mol. The van der Waals surface area contributed by atoms with Gasteiger partial charge in [-0.2, -0.15) is 0 Å². The number of thioether (sulfide) groups is 1. The number of aromatic nitrogens is 2. The number of para-hydroxylation sites is 1. The summed E-state index contributed by atoms with van der Waals surface area (Å²) < 4.78 is 12.9. The zero-order valence-corrected chi connectivity index (χ0v) is 16.1. The third kappa shape index (κ3) is 3.87. The molecule has 1 aliphatic rings. The van der Waals surface area contributed by atoms with Crippen molar-refractivity contribution in [3.05, 3.63) is 58.9 Å². The molecular formula is C21H22N2O3S. The number of rotatable bonds is 6. The summed E-state index contributed by atoms with van der Waals surface area (Å²) in [5.74, 6) is 1.58. The van der Waals surface area contributed by atoms with E-state index in [4.69, 9.17) is 14.5 Å². The van der Waals surface area contributed by atoms with Crippen molar-refractivity contribution in [2.24, 2.45) is 0 Å². The molecule has 0 amide bonds. The topological polar surface area (TPSA) is 53.4 Å². The van der Waals surface area contributed by atoms with Gasteiger partial charge in [0.15, 0.2) is 5.16 Å². The molecule has 5 nitrogen and oxygen atoms in total. The Morgan fingerprint density at radius 2 is 2.04 bits per heavy atom. The molecule has 0 saturated carbocycles. The van der Waals surface area contributed by atoms with Gasteiger partial charge in [0.25, 0.3) is 5.56 Å². The average molecular weight is 382 g/mol. The Balaban J connectivity index is 1.76. The second kappa shape index (κ2) is 8.15. The molecule has 1 aliphatic heterocycles. The summed E-state index contributed by atoms with van der Waals surface area (Å²) >= 11 is 1.58. The smallest absolute Gasteiger partial charge is 0.266 e. The Morgan fingerprint density at radius 3 is 2.78 bits per heavy atom. The summed E-state index contributed by atoms with van der Waals surface area (Å²) in [5.41, 5.74) is 1.45. The van der Waals surface area contributed by atoms with E-state index in [0.717, 1.165) is 42.2 Å². The molecule has 2 aromatic carbocycles. The second-order valence-electron chi connectivity index (χ2n) is 6.43. The number of benzene rings is 2. The Kier molecular flexibility index (Phi) is 5.45. The van der Waals surface area contributed by atoms with Crippen LogP contribution in [-0.2, 0) is 4.74 Å². The minimum atomic E-state index is -0.0559. The summed E-state index contributed by atoms with van der Waals surface area (Å²) in [6.45, 7) is 3.38. The molecule has 0 bridgehead atoms. The second-order valence-corrected chi connectivity index (χ2v) is 7.41. The van der Waals surface area contributed by atoms with Crippen LogP contribution in [0.2, 0.25) is 0 Å². The van der Waals surface area contributed by atoms with Gasteiger partial charge < -0.3 is 9.47 Å². The molecule has 0 aliphatic carbocycles. The van der Waals surface area contributed by atoms with Crippen molar-refractivity contribution in [1.82, 2.24) is 9.55 Å². The lowest BCUT2D eigenvalue weighted by atomic mass is 10.2. The van der Waals surface area contributed by atoms with Crippen molar-refractivity contribution in [1.29, 1.82) is 0 Å². The minimum Gasteiger partial charge on any atom is -0.494 e. The zero-order chi connectivity index (χ0) is 18.6. The third-order valence-electron chi connectivity index (χ3n) is 4.57. The number of ether oxygens (including phenoxy) is 2. The van der Waals surface area contributed by atoms with Crippen LogP contribution in [-0.4, -0.2) is 34.6 Å². The van der Waals surface area contributed by atoms with Gasteiger partial charge in [0.1, 0.15) is 5.75 Å². The predicted octanol–water partition coefficient (Wildman–Crippen LogP) is 4.06. The maximum atomic E-state index is 13.2. The van der Waals surface area contributed by atoms with E-state index in [0.29, 0.717) is 17.1 Å². The minimum absolute atomic E-state index is 0.0559. The van der Waals surface area contributed by atoms with Crippen molar-refractivity contribution in [2.45, 2.75) is 31.0 Å². The van der Waals surface area contributed by atoms with Gasteiger partial charge in [-0.25, -0.2) is 4.98 Å². The number of hydrogen-bond acceptors (Lipinski definition) is 5. The van der Waals surface area contributed by atoms with Crippen LogP contribution in [0.1, 0.15) is 19.8 Å². The molecule has 1 aromatic heterocycles. The number of nitrogens with zero attached hydrogens (tertiary/aromatic N) is 2. The van der Waals surface area contributed by atoms with Crippen LogP contribution in [0.5, 0.6) is 5.75 Å². The van der Waals surface area contributed by atoms with Crippen LogP contribution in [0, 0.1) is 0 Å². The third-order valence-corrected chi connectivity index (χ3v) is 5.64. The maximum Gasteiger partial charge on any atom is 0.266 e. The lowest BCUT2D eigenvalue weighted by Crippen LogP contribution is -2.22. The fourth-order valence-corrected chi connectivity index (χ4v) is 4.32. The van der Waals surface area contributed by atoms with E-state index in [9.17, 15) is 4.79 Å². The molecule has 140 valence electrons. The molecule has 2 heterocycles. The summed E-state index contributed by atoms with van der Waals surface area (Å²) in [7, 11) is 0. The van der Waals surface area contributed by atoms with Crippen LogP contribution in [0.4, 0.5) is 0 Å². The fourth-order valence-electron chi connectivity index (χ4n) is 3.24. The van der Waals surface area contributed by atoms with E-state index in [1.54, 1.807) is 16.3 Å². The number of fused-ring (bicyclic) bond motifs is 1. The summed E-state index contributed by atoms with van der Waals surface area (Å²) in [4.78, 5) is 18.0. The largest absolute Gasteiger partial charge is 0.494 e. The molecular weight excluding hydrogens is 360 g/mol. The molecule has 0 N–H and O–H groups in total. The molecule has 1 fully saturated rings. The molecule has 1 unspecified atom stereocenters.